The summed E-state index contributed by atoms with van der Waals surface area (Å²) >= 11 is 0. The van der Waals surface area contributed by atoms with Gasteiger partial charge in [0.15, 0.2) is 0 Å². The Bertz CT molecular complexity index is 120. The van der Waals surface area contributed by atoms with E-state index in [-0.39, 0.29) is 6.10 Å². The predicted octanol–water partition coefficient (Wildman–Crippen LogP) is 1.63. The van der Waals surface area contributed by atoms with Crippen molar-refractivity contribution in [3.63, 3.8) is 0 Å². The Balaban J connectivity index is 2.40. The molecular formula is C8H12O. The van der Waals surface area contributed by atoms with Crippen LogP contribution < -0.4 is 0 Å². The first kappa shape index (κ1) is 6.60. The zero-order valence-electron chi connectivity index (χ0n) is 5.51. The maximum absolute atomic E-state index is 9.15. The van der Waals surface area contributed by atoms with Gasteiger partial charge in [-0.2, -0.15) is 0 Å². The van der Waals surface area contributed by atoms with Crippen molar-refractivity contribution in [2.45, 2.75) is 31.8 Å². The van der Waals surface area contributed by atoms with E-state index in [2.05, 4.69) is 5.73 Å². The van der Waals surface area contributed by atoms with Crippen LogP contribution in [0.2, 0.25) is 0 Å². The molecule has 1 aliphatic rings. The highest BCUT2D eigenvalue weighted by molar-refractivity contribution is 4.88. The second-order valence-corrected chi connectivity index (χ2v) is 2.38. The van der Waals surface area contributed by atoms with Crippen LogP contribution in [-0.2, 0) is 0 Å². The van der Waals surface area contributed by atoms with Gasteiger partial charge in [-0.15, -0.1) is 5.73 Å². The van der Waals surface area contributed by atoms with Gasteiger partial charge in [0, 0.05) is 0 Å². The topological polar surface area (TPSA) is 20.2 Å². The molecule has 0 unspecified atom stereocenters. The minimum Gasteiger partial charge on any atom is -0.393 e. The summed E-state index contributed by atoms with van der Waals surface area (Å²) in [6.45, 7) is 0. The molecule has 0 fully saturated rings. The molecule has 1 rings (SSSR count). The Kier molecular flexibility index (Phi) is 2.56. The molecule has 1 aliphatic carbocycles. The molecule has 0 aromatic heterocycles. The summed E-state index contributed by atoms with van der Waals surface area (Å²) in [4.78, 5) is 0. The Morgan fingerprint density at radius 2 is 1.78 bits per heavy atom. The summed E-state index contributed by atoms with van der Waals surface area (Å²) in [6, 6.07) is 0. The highest BCUT2D eigenvalue weighted by atomic mass is 16.3. The van der Waals surface area contributed by atoms with Gasteiger partial charge in [-0.25, -0.2) is 0 Å². The summed E-state index contributed by atoms with van der Waals surface area (Å²) in [5.41, 5.74) is 3.05. The van der Waals surface area contributed by atoms with Crippen molar-refractivity contribution < 1.29 is 5.11 Å². The third-order valence-electron chi connectivity index (χ3n) is 1.52. The first-order chi connectivity index (χ1) is 4.39. The molecule has 0 spiro atoms. The average molecular weight is 124 g/mol. The second-order valence-electron chi connectivity index (χ2n) is 2.38. The Labute approximate surface area is 55.7 Å². The first-order valence-electron chi connectivity index (χ1n) is 3.47. The van der Waals surface area contributed by atoms with Crippen LogP contribution in [0.5, 0.6) is 0 Å². The quantitative estimate of drug-likeness (QED) is 0.487. The van der Waals surface area contributed by atoms with Crippen molar-refractivity contribution in [2.75, 3.05) is 0 Å². The highest BCUT2D eigenvalue weighted by Crippen LogP contribution is 2.07. The van der Waals surface area contributed by atoms with E-state index in [0.29, 0.717) is 0 Å². The van der Waals surface area contributed by atoms with Crippen molar-refractivity contribution in [3.05, 3.63) is 17.9 Å². The lowest BCUT2D eigenvalue weighted by atomic mass is 10.1. The molecular weight excluding hydrogens is 112 g/mol. The molecule has 0 bridgehead atoms. The van der Waals surface area contributed by atoms with E-state index in [0.717, 1.165) is 25.7 Å². The Hall–Kier alpha value is -0.520. The zero-order valence-corrected chi connectivity index (χ0v) is 5.51. The van der Waals surface area contributed by atoms with E-state index in [1.165, 1.54) is 0 Å². The van der Waals surface area contributed by atoms with Gasteiger partial charge in [-0.1, -0.05) is 0 Å². The monoisotopic (exact) mass is 124 g/mol. The van der Waals surface area contributed by atoms with Crippen LogP contribution in [0, 0.1) is 0 Å². The third kappa shape index (κ3) is 2.50. The molecule has 0 saturated carbocycles. The molecule has 1 N–H and O–H groups in total. The number of aliphatic hydroxyl groups excluding tert-OH is 1. The number of rotatable bonds is 0. The fraction of sp³-hybridized carbons (Fsp3) is 0.625. The van der Waals surface area contributed by atoms with Gasteiger partial charge in [0.25, 0.3) is 0 Å². The molecule has 50 valence electrons. The van der Waals surface area contributed by atoms with Crippen molar-refractivity contribution in [2.24, 2.45) is 0 Å². The van der Waals surface area contributed by atoms with Crippen molar-refractivity contribution in [1.82, 2.24) is 0 Å². The molecule has 0 saturated heterocycles. The van der Waals surface area contributed by atoms with E-state index in [4.69, 9.17) is 5.11 Å². The van der Waals surface area contributed by atoms with Crippen molar-refractivity contribution in [3.8, 4) is 0 Å². The van der Waals surface area contributed by atoms with Crippen LogP contribution in [0.4, 0.5) is 0 Å². The van der Waals surface area contributed by atoms with Crippen LogP contribution in [-0.4, -0.2) is 11.2 Å². The fourth-order valence-electron chi connectivity index (χ4n) is 0.946. The van der Waals surface area contributed by atoms with Gasteiger partial charge in [0.05, 0.1) is 6.10 Å². The molecule has 0 amide bonds. The SMILES string of the molecule is OC1CCC=C=CCC1. The molecule has 0 atom stereocenters. The van der Waals surface area contributed by atoms with Crippen molar-refractivity contribution in [1.29, 1.82) is 0 Å². The number of aliphatic hydroxyl groups is 1. The fourth-order valence-corrected chi connectivity index (χ4v) is 0.946. The van der Waals surface area contributed by atoms with E-state index in [1.807, 2.05) is 12.2 Å². The predicted molar refractivity (Wildman–Crippen MR) is 37.1 cm³/mol. The maximum Gasteiger partial charge on any atom is 0.0546 e. The van der Waals surface area contributed by atoms with Gasteiger partial charge >= 0.3 is 0 Å². The van der Waals surface area contributed by atoms with E-state index in [9.17, 15) is 0 Å². The van der Waals surface area contributed by atoms with Crippen molar-refractivity contribution >= 4 is 0 Å². The highest BCUT2D eigenvalue weighted by Gasteiger charge is 2.01. The Morgan fingerprint density at radius 3 is 2.33 bits per heavy atom. The van der Waals surface area contributed by atoms with Crippen LogP contribution in [0.1, 0.15) is 25.7 Å². The van der Waals surface area contributed by atoms with Gasteiger partial charge in [-0.3, -0.25) is 0 Å². The number of hydrogen-bond acceptors (Lipinski definition) is 1. The smallest absolute Gasteiger partial charge is 0.0546 e. The lowest BCUT2D eigenvalue weighted by molar-refractivity contribution is 0.156. The first-order valence-corrected chi connectivity index (χ1v) is 3.47. The molecule has 1 nitrogen and oxygen atoms in total. The second kappa shape index (κ2) is 3.49. The Morgan fingerprint density at radius 1 is 1.22 bits per heavy atom. The average Bonchev–Trinajstić information content (AvgIpc) is 1.79. The lowest BCUT2D eigenvalue weighted by Gasteiger charge is -2.06. The minimum atomic E-state index is -0.0837. The standard InChI is InChI=1S/C8H12O/c9-8-6-4-2-1-3-5-7-8/h2-3,8-9H,4-7H2. The normalized spacial score (nSPS) is 27.4. The van der Waals surface area contributed by atoms with E-state index >= 15 is 0 Å². The molecule has 0 aliphatic heterocycles. The van der Waals surface area contributed by atoms with Crippen LogP contribution in [0.15, 0.2) is 17.9 Å². The summed E-state index contributed by atoms with van der Waals surface area (Å²) in [5.74, 6) is 0. The minimum absolute atomic E-state index is 0.0837. The molecule has 0 radical (unpaired) electrons. The summed E-state index contributed by atoms with van der Waals surface area (Å²) in [6.07, 6.45) is 7.64. The molecule has 0 aromatic carbocycles. The van der Waals surface area contributed by atoms with E-state index in [1.54, 1.807) is 0 Å². The molecule has 1 heteroatoms. The van der Waals surface area contributed by atoms with Gasteiger partial charge in [0.1, 0.15) is 0 Å². The molecule has 9 heavy (non-hydrogen) atoms. The van der Waals surface area contributed by atoms with Gasteiger partial charge < -0.3 is 5.11 Å². The lowest BCUT2D eigenvalue weighted by Crippen LogP contribution is -2.05. The van der Waals surface area contributed by atoms with E-state index < -0.39 is 0 Å². The summed E-state index contributed by atoms with van der Waals surface area (Å²) in [7, 11) is 0. The van der Waals surface area contributed by atoms with Gasteiger partial charge in [-0.05, 0) is 37.8 Å². The van der Waals surface area contributed by atoms with Crippen LogP contribution in [0.3, 0.4) is 0 Å². The van der Waals surface area contributed by atoms with Crippen LogP contribution in [0.25, 0.3) is 0 Å². The maximum atomic E-state index is 9.15. The largest absolute Gasteiger partial charge is 0.393 e. The third-order valence-corrected chi connectivity index (χ3v) is 1.52. The van der Waals surface area contributed by atoms with Gasteiger partial charge in [0.2, 0.25) is 0 Å². The van der Waals surface area contributed by atoms with Crippen LogP contribution >= 0.6 is 0 Å². The summed E-state index contributed by atoms with van der Waals surface area (Å²) in [5, 5.41) is 9.15. The zero-order chi connectivity index (χ0) is 6.53. The molecule has 0 aromatic rings. The summed E-state index contributed by atoms with van der Waals surface area (Å²) < 4.78 is 0. The number of allylic oxidation sites excluding steroid dienone is 1. The number of hydrogen-bond donors (Lipinski definition) is 1. The molecule has 0 heterocycles.